The lowest BCUT2D eigenvalue weighted by Gasteiger charge is -2.28. The van der Waals surface area contributed by atoms with E-state index in [2.05, 4.69) is 0 Å². The molecule has 0 aromatic heterocycles. The average Bonchev–Trinajstić information content (AvgIpc) is 3.14. The molecule has 0 bridgehead atoms. The summed E-state index contributed by atoms with van der Waals surface area (Å²) in [5.74, 6) is -1.24. The van der Waals surface area contributed by atoms with Crippen molar-refractivity contribution in [3.8, 4) is 0 Å². The number of nitrogens with two attached hydrogens (primary N) is 1. The van der Waals surface area contributed by atoms with Gasteiger partial charge >= 0.3 is 0 Å². The van der Waals surface area contributed by atoms with Crippen molar-refractivity contribution in [2.75, 3.05) is 11.4 Å². The molecule has 0 aliphatic carbocycles. The van der Waals surface area contributed by atoms with E-state index in [1.54, 1.807) is 60.7 Å². The van der Waals surface area contributed by atoms with Crippen molar-refractivity contribution in [3.63, 3.8) is 0 Å². The molecule has 0 spiro atoms. The van der Waals surface area contributed by atoms with E-state index in [1.807, 2.05) is 0 Å². The number of benzene rings is 3. The van der Waals surface area contributed by atoms with Crippen LogP contribution in [-0.2, 0) is 37.2 Å². The zero-order valence-electron chi connectivity index (χ0n) is 19.5. The monoisotopic (exact) mass is 559 g/mol. The molecule has 1 unspecified atom stereocenters. The smallest absolute Gasteiger partial charge is 0.257 e. The Morgan fingerprint density at radius 2 is 1.43 bits per heavy atom. The van der Waals surface area contributed by atoms with Gasteiger partial charge in [0, 0.05) is 16.6 Å². The standard InChI is InChI=1S/C26H23Cl2N3O5S/c27-19-5-1-18(2-6-19)15-24(32)30(14-13-17-3-11-22(12-4-17)37(29,35)36)23-16-25(33)31(26(23)34)21-9-7-20(28)8-10-21/h1-12,23H,13-16H2,(H2,29,35,36). The van der Waals surface area contributed by atoms with Crippen LogP contribution in [0.3, 0.4) is 0 Å². The molecule has 3 aromatic carbocycles. The zero-order valence-corrected chi connectivity index (χ0v) is 21.8. The Morgan fingerprint density at radius 1 is 0.892 bits per heavy atom. The number of anilines is 1. The third-order valence-electron chi connectivity index (χ3n) is 6.07. The van der Waals surface area contributed by atoms with Crippen molar-refractivity contribution < 1.29 is 22.8 Å². The van der Waals surface area contributed by atoms with Crippen LogP contribution in [0.25, 0.3) is 0 Å². The van der Waals surface area contributed by atoms with Crippen LogP contribution in [0.4, 0.5) is 5.69 Å². The van der Waals surface area contributed by atoms with E-state index in [1.165, 1.54) is 17.0 Å². The highest BCUT2D eigenvalue weighted by Gasteiger charge is 2.44. The summed E-state index contributed by atoms with van der Waals surface area (Å²) in [6, 6.07) is 18.1. The van der Waals surface area contributed by atoms with Crippen molar-refractivity contribution in [3.05, 3.63) is 94.0 Å². The number of sulfonamides is 1. The van der Waals surface area contributed by atoms with Crippen LogP contribution in [0.2, 0.25) is 10.0 Å². The van der Waals surface area contributed by atoms with Crippen LogP contribution in [0, 0.1) is 0 Å². The number of halogens is 2. The van der Waals surface area contributed by atoms with Gasteiger partial charge in [0.1, 0.15) is 6.04 Å². The number of carbonyl (C=O) groups is 3. The fourth-order valence-corrected chi connectivity index (χ4v) is 4.92. The first-order chi connectivity index (χ1) is 17.5. The van der Waals surface area contributed by atoms with Crippen LogP contribution >= 0.6 is 23.2 Å². The van der Waals surface area contributed by atoms with Crippen molar-refractivity contribution in [2.24, 2.45) is 5.14 Å². The highest BCUT2D eigenvalue weighted by atomic mass is 35.5. The molecule has 1 heterocycles. The lowest BCUT2D eigenvalue weighted by Crippen LogP contribution is -2.47. The molecule has 1 fully saturated rings. The minimum atomic E-state index is -3.83. The third-order valence-corrected chi connectivity index (χ3v) is 7.50. The molecular weight excluding hydrogens is 537 g/mol. The van der Waals surface area contributed by atoms with Gasteiger partial charge in [0.2, 0.25) is 21.8 Å². The molecule has 3 amide bonds. The molecule has 2 N–H and O–H groups in total. The first-order valence-electron chi connectivity index (χ1n) is 11.3. The molecular formula is C26H23Cl2N3O5S. The summed E-state index contributed by atoms with van der Waals surface area (Å²) >= 11 is 11.9. The predicted octanol–water partition coefficient (Wildman–Crippen LogP) is 3.59. The van der Waals surface area contributed by atoms with E-state index >= 15 is 0 Å². The summed E-state index contributed by atoms with van der Waals surface area (Å²) in [7, 11) is -3.83. The van der Waals surface area contributed by atoms with Crippen LogP contribution in [0.1, 0.15) is 17.5 Å². The highest BCUT2D eigenvalue weighted by molar-refractivity contribution is 7.89. The highest BCUT2D eigenvalue weighted by Crippen LogP contribution is 2.28. The second-order valence-electron chi connectivity index (χ2n) is 8.59. The van der Waals surface area contributed by atoms with Crippen molar-refractivity contribution in [1.29, 1.82) is 0 Å². The molecule has 37 heavy (non-hydrogen) atoms. The summed E-state index contributed by atoms with van der Waals surface area (Å²) in [4.78, 5) is 42.1. The third kappa shape index (κ3) is 6.37. The van der Waals surface area contributed by atoms with Gasteiger partial charge in [0.05, 0.1) is 23.4 Å². The van der Waals surface area contributed by atoms with Gasteiger partial charge in [-0.1, -0.05) is 47.5 Å². The van der Waals surface area contributed by atoms with Crippen LogP contribution in [0.15, 0.2) is 77.7 Å². The van der Waals surface area contributed by atoms with Gasteiger partial charge in [0.25, 0.3) is 5.91 Å². The summed E-state index contributed by atoms with van der Waals surface area (Å²) in [5.41, 5.74) is 1.83. The molecule has 1 aliphatic rings. The Bertz CT molecular complexity index is 1430. The molecule has 1 aliphatic heterocycles. The van der Waals surface area contributed by atoms with Crippen molar-refractivity contribution in [2.45, 2.75) is 30.2 Å². The molecule has 1 atom stereocenters. The number of imide groups is 1. The van der Waals surface area contributed by atoms with E-state index in [0.29, 0.717) is 27.7 Å². The van der Waals surface area contributed by atoms with Gasteiger partial charge in [0.15, 0.2) is 0 Å². The van der Waals surface area contributed by atoms with Crippen LogP contribution in [-0.4, -0.2) is 43.6 Å². The maximum Gasteiger partial charge on any atom is 0.257 e. The van der Waals surface area contributed by atoms with Crippen LogP contribution in [0.5, 0.6) is 0 Å². The number of primary sulfonamides is 1. The maximum absolute atomic E-state index is 13.4. The minimum Gasteiger partial charge on any atom is -0.329 e. The molecule has 192 valence electrons. The molecule has 1 saturated heterocycles. The van der Waals surface area contributed by atoms with E-state index < -0.39 is 27.9 Å². The Labute approximate surface area is 224 Å². The second kappa shape index (κ2) is 11.0. The van der Waals surface area contributed by atoms with Gasteiger partial charge in [-0.05, 0) is 66.1 Å². The Balaban J connectivity index is 1.58. The zero-order chi connectivity index (χ0) is 26.7. The maximum atomic E-state index is 13.4. The fraction of sp³-hybridized carbons (Fsp3) is 0.192. The molecule has 11 heteroatoms. The van der Waals surface area contributed by atoms with E-state index in [0.717, 1.165) is 10.5 Å². The Kier molecular flexibility index (Phi) is 7.99. The Hall–Kier alpha value is -3.24. The topological polar surface area (TPSA) is 118 Å². The van der Waals surface area contributed by atoms with Crippen molar-refractivity contribution >= 4 is 56.6 Å². The van der Waals surface area contributed by atoms with Crippen molar-refractivity contribution in [1.82, 2.24) is 4.90 Å². The van der Waals surface area contributed by atoms with Gasteiger partial charge in [-0.15, -0.1) is 0 Å². The summed E-state index contributed by atoms with van der Waals surface area (Å²) < 4.78 is 23.1. The fourth-order valence-electron chi connectivity index (χ4n) is 4.15. The number of hydrogen-bond acceptors (Lipinski definition) is 5. The number of rotatable bonds is 8. The molecule has 4 rings (SSSR count). The lowest BCUT2D eigenvalue weighted by atomic mass is 10.1. The van der Waals surface area contributed by atoms with Gasteiger partial charge in [-0.2, -0.15) is 0 Å². The number of amides is 3. The minimum absolute atomic E-state index is 0.0143. The van der Waals surface area contributed by atoms with Gasteiger partial charge in [-0.25, -0.2) is 18.5 Å². The number of nitrogens with zero attached hydrogens (tertiary/aromatic N) is 2. The summed E-state index contributed by atoms with van der Waals surface area (Å²) in [6.45, 7) is 0.138. The normalized spacial score (nSPS) is 15.8. The van der Waals surface area contributed by atoms with E-state index in [-0.39, 0.29) is 30.2 Å². The van der Waals surface area contributed by atoms with Gasteiger partial charge < -0.3 is 4.90 Å². The number of hydrogen-bond donors (Lipinski definition) is 1. The predicted molar refractivity (Wildman–Crippen MR) is 141 cm³/mol. The average molecular weight is 560 g/mol. The van der Waals surface area contributed by atoms with Crippen LogP contribution < -0.4 is 10.0 Å². The summed E-state index contributed by atoms with van der Waals surface area (Å²) in [5, 5.41) is 6.16. The first-order valence-corrected chi connectivity index (χ1v) is 13.6. The SMILES string of the molecule is NS(=O)(=O)c1ccc(CCN(C(=O)Cc2ccc(Cl)cc2)C2CC(=O)N(c3ccc(Cl)cc3)C2=O)cc1. The Morgan fingerprint density at radius 3 is 2.00 bits per heavy atom. The second-order valence-corrected chi connectivity index (χ2v) is 11.0. The molecule has 0 saturated carbocycles. The van der Waals surface area contributed by atoms with E-state index in [9.17, 15) is 22.8 Å². The first kappa shape index (κ1) is 26.8. The molecule has 3 aromatic rings. The quantitative estimate of drug-likeness (QED) is 0.423. The lowest BCUT2D eigenvalue weighted by molar-refractivity contribution is -0.137. The van der Waals surface area contributed by atoms with Gasteiger partial charge in [-0.3, -0.25) is 14.4 Å². The molecule has 0 radical (unpaired) electrons. The van der Waals surface area contributed by atoms with E-state index in [4.69, 9.17) is 28.3 Å². The molecule has 8 nitrogen and oxygen atoms in total. The number of carbonyl (C=O) groups excluding carboxylic acids is 3. The largest absolute Gasteiger partial charge is 0.329 e. The summed E-state index contributed by atoms with van der Waals surface area (Å²) in [6.07, 6.45) is 0.189.